The molecular formula is C21H16ClFN4O4S. The van der Waals surface area contributed by atoms with Gasteiger partial charge in [-0.3, -0.25) is 4.79 Å². The number of rotatable bonds is 3. The number of imide groups is 1. The van der Waals surface area contributed by atoms with Crippen LogP contribution in [0.4, 0.5) is 14.9 Å². The van der Waals surface area contributed by atoms with E-state index in [9.17, 15) is 22.4 Å². The highest BCUT2D eigenvalue weighted by atomic mass is 35.5. The summed E-state index contributed by atoms with van der Waals surface area (Å²) >= 11 is 6.22. The van der Waals surface area contributed by atoms with Gasteiger partial charge in [0.15, 0.2) is 0 Å². The highest BCUT2D eigenvalue weighted by Crippen LogP contribution is 2.45. The molecule has 1 unspecified atom stereocenters. The van der Waals surface area contributed by atoms with Gasteiger partial charge in [-0.15, -0.1) is 0 Å². The molecule has 0 radical (unpaired) electrons. The number of nitriles is 1. The van der Waals surface area contributed by atoms with Gasteiger partial charge in [-0.1, -0.05) is 23.7 Å². The molecule has 164 valence electrons. The molecule has 5 rings (SSSR count). The smallest absolute Gasteiger partial charge is 0.306 e. The normalized spacial score (nSPS) is 24.9. The van der Waals surface area contributed by atoms with Crippen LogP contribution in [0.1, 0.15) is 17.5 Å². The van der Waals surface area contributed by atoms with Crippen molar-refractivity contribution in [1.82, 2.24) is 9.21 Å². The molecule has 3 fully saturated rings. The molecular weight excluding hydrogens is 459 g/mol. The van der Waals surface area contributed by atoms with Crippen molar-refractivity contribution in [3.05, 3.63) is 58.4 Å². The van der Waals surface area contributed by atoms with Gasteiger partial charge >= 0.3 is 6.03 Å². The average Bonchev–Trinajstić information content (AvgIpc) is 3.43. The second-order valence-corrected chi connectivity index (χ2v) is 10.2. The fraction of sp³-hybridized carbons (Fsp3) is 0.286. The highest BCUT2D eigenvalue weighted by Gasteiger charge is 2.64. The second kappa shape index (κ2) is 7.00. The summed E-state index contributed by atoms with van der Waals surface area (Å²) in [5, 5.41) is 9.29. The fourth-order valence-electron chi connectivity index (χ4n) is 4.90. The summed E-state index contributed by atoms with van der Waals surface area (Å²) in [7, 11) is -4.19. The zero-order valence-electron chi connectivity index (χ0n) is 16.7. The number of hydrogen-bond acceptors (Lipinski definition) is 5. The van der Waals surface area contributed by atoms with Crippen molar-refractivity contribution in [1.29, 1.82) is 5.26 Å². The Bertz CT molecular complexity index is 1340. The zero-order chi connectivity index (χ0) is 22.9. The van der Waals surface area contributed by atoms with Gasteiger partial charge in [0.25, 0.3) is 5.91 Å². The number of carbonyl (C=O) groups is 2. The van der Waals surface area contributed by atoms with Gasteiger partial charge in [0.1, 0.15) is 22.8 Å². The zero-order valence-corrected chi connectivity index (χ0v) is 18.3. The van der Waals surface area contributed by atoms with Crippen LogP contribution in [-0.2, 0) is 14.8 Å². The Morgan fingerprint density at radius 3 is 2.59 bits per heavy atom. The van der Waals surface area contributed by atoms with Crippen LogP contribution in [0.25, 0.3) is 0 Å². The molecule has 3 amide bonds. The SMILES string of the molecule is Cc1c(N2C(=O)[C@@H]3C4C[C@H](CN4S(=O)(=O)c4ccccc4F)N3C2=O)ccc(C#N)c1Cl. The number of halogens is 2. The van der Waals surface area contributed by atoms with E-state index in [2.05, 4.69) is 0 Å². The van der Waals surface area contributed by atoms with Crippen LogP contribution < -0.4 is 4.90 Å². The van der Waals surface area contributed by atoms with Crippen LogP contribution in [0.2, 0.25) is 5.02 Å². The van der Waals surface area contributed by atoms with Gasteiger partial charge < -0.3 is 4.90 Å². The summed E-state index contributed by atoms with van der Waals surface area (Å²) in [5.74, 6) is -1.44. The topological polar surface area (TPSA) is 102 Å². The second-order valence-electron chi connectivity index (χ2n) is 7.95. The summed E-state index contributed by atoms with van der Waals surface area (Å²) in [4.78, 5) is 28.5. The maximum atomic E-state index is 14.2. The molecule has 3 heterocycles. The molecule has 0 aromatic heterocycles. The van der Waals surface area contributed by atoms with E-state index in [0.717, 1.165) is 15.3 Å². The number of sulfonamides is 1. The summed E-state index contributed by atoms with van der Waals surface area (Å²) in [6, 6.07) is 7.09. The van der Waals surface area contributed by atoms with Crippen LogP contribution in [0.5, 0.6) is 0 Å². The van der Waals surface area contributed by atoms with Crippen LogP contribution in [0.15, 0.2) is 41.3 Å². The number of piperazine rings is 1. The molecule has 2 aromatic carbocycles. The van der Waals surface area contributed by atoms with Gasteiger partial charge in [-0.05, 0) is 43.2 Å². The van der Waals surface area contributed by atoms with E-state index in [1.165, 1.54) is 35.2 Å². The van der Waals surface area contributed by atoms with Gasteiger partial charge in [-0.2, -0.15) is 9.57 Å². The molecule has 8 nitrogen and oxygen atoms in total. The predicted molar refractivity (Wildman–Crippen MR) is 112 cm³/mol. The molecule has 3 atom stereocenters. The molecule has 0 aliphatic carbocycles. The number of hydrogen-bond donors (Lipinski definition) is 0. The Balaban J connectivity index is 1.52. The molecule has 0 saturated carbocycles. The lowest BCUT2D eigenvalue weighted by molar-refractivity contribution is -0.120. The number of nitrogens with zero attached hydrogens (tertiary/aromatic N) is 4. The third-order valence-electron chi connectivity index (χ3n) is 6.36. The van der Waals surface area contributed by atoms with E-state index in [1.807, 2.05) is 6.07 Å². The third-order valence-corrected chi connectivity index (χ3v) is 8.77. The van der Waals surface area contributed by atoms with Gasteiger partial charge in [0.2, 0.25) is 10.0 Å². The van der Waals surface area contributed by atoms with Crippen molar-refractivity contribution in [2.45, 2.75) is 36.4 Å². The number of carbonyl (C=O) groups excluding carboxylic acids is 2. The average molecular weight is 475 g/mol. The first-order chi connectivity index (χ1) is 15.2. The first kappa shape index (κ1) is 20.9. The number of urea groups is 1. The lowest BCUT2D eigenvalue weighted by atomic mass is 10.1. The molecule has 2 bridgehead atoms. The quantitative estimate of drug-likeness (QED) is 0.636. The van der Waals surface area contributed by atoms with Crippen molar-refractivity contribution in [2.24, 2.45) is 0 Å². The minimum Gasteiger partial charge on any atom is -0.306 e. The highest BCUT2D eigenvalue weighted by molar-refractivity contribution is 7.89. The number of fused-ring (bicyclic) bond motifs is 5. The molecule has 0 N–H and O–H groups in total. The first-order valence-electron chi connectivity index (χ1n) is 9.80. The minimum absolute atomic E-state index is 0.0161. The van der Waals surface area contributed by atoms with E-state index in [1.54, 1.807) is 6.92 Å². The number of amides is 3. The number of anilines is 1. The lowest BCUT2D eigenvalue weighted by Crippen LogP contribution is -2.54. The molecule has 2 aromatic rings. The molecule has 11 heteroatoms. The van der Waals surface area contributed by atoms with E-state index in [4.69, 9.17) is 16.9 Å². The van der Waals surface area contributed by atoms with Crippen molar-refractivity contribution in [3.8, 4) is 6.07 Å². The van der Waals surface area contributed by atoms with Crippen LogP contribution in [0.3, 0.4) is 0 Å². The fourth-order valence-corrected chi connectivity index (χ4v) is 6.84. The maximum Gasteiger partial charge on any atom is 0.332 e. The van der Waals surface area contributed by atoms with Gasteiger partial charge in [0.05, 0.1) is 22.3 Å². The summed E-state index contributed by atoms with van der Waals surface area (Å²) in [6.07, 6.45) is 0.302. The van der Waals surface area contributed by atoms with E-state index in [0.29, 0.717) is 12.0 Å². The molecule has 0 spiro atoms. The summed E-state index contributed by atoms with van der Waals surface area (Å²) in [6.45, 7) is 1.59. The summed E-state index contributed by atoms with van der Waals surface area (Å²) in [5.41, 5.74) is 0.868. The molecule has 3 aliphatic rings. The minimum atomic E-state index is -4.19. The monoisotopic (exact) mass is 474 g/mol. The Labute approximate surface area is 188 Å². The van der Waals surface area contributed by atoms with Crippen LogP contribution in [0, 0.1) is 24.1 Å². The largest absolute Gasteiger partial charge is 0.332 e. The maximum absolute atomic E-state index is 14.2. The molecule has 3 saturated heterocycles. The van der Waals surface area contributed by atoms with Crippen molar-refractivity contribution in [2.75, 3.05) is 11.4 Å². The van der Waals surface area contributed by atoms with Crippen molar-refractivity contribution < 1.29 is 22.4 Å². The van der Waals surface area contributed by atoms with E-state index < -0.39 is 50.8 Å². The van der Waals surface area contributed by atoms with Crippen molar-refractivity contribution >= 4 is 39.2 Å². The van der Waals surface area contributed by atoms with Gasteiger partial charge in [0, 0.05) is 12.6 Å². The number of benzene rings is 2. The lowest BCUT2D eigenvalue weighted by Gasteiger charge is -2.34. The Morgan fingerprint density at radius 2 is 1.91 bits per heavy atom. The molecule has 32 heavy (non-hydrogen) atoms. The van der Waals surface area contributed by atoms with Crippen LogP contribution in [-0.4, -0.2) is 54.2 Å². The Hall–Kier alpha value is -3.00. The summed E-state index contributed by atoms with van der Waals surface area (Å²) < 4.78 is 41.7. The third kappa shape index (κ3) is 2.65. The van der Waals surface area contributed by atoms with E-state index >= 15 is 0 Å². The first-order valence-corrected chi connectivity index (χ1v) is 11.6. The van der Waals surface area contributed by atoms with Crippen LogP contribution >= 0.6 is 11.6 Å². The van der Waals surface area contributed by atoms with E-state index in [-0.39, 0.29) is 22.8 Å². The predicted octanol–water partition coefficient (Wildman–Crippen LogP) is 2.64. The van der Waals surface area contributed by atoms with Gasteiger partial charge in [-0.25, -0.2) is 22.5 Å². The Morgan fingerprint density at radius 1 is 1.19 bits per heavy atom. The molecule has 3 aliphatic heterocycles. The van der Waals surface area contributed by atoms with Crippen molar-refractivity contribution in [3.63, 3.8) is 0 Å². The Kier molecular flexibility index (Phi) is 4.57. The standard InChI is InChI=1S/C21H16ClFN4O4S/c1-11-15(7-6-12(9-24)18(11)22)27-20(28)19-16-8-13(26(19)21(27)29)10-25(16)32(30,31)17-5-3-2-4-14(17)23/h2-7,13,16,19H,8,10H2,1H3/t13-,16?,19+/m1/s1.